The summed E-state index contributed by atoms with van der Waals surface area (Å²) in [4.78, 5) is 0. The van der Waals surface area contributed by atoms with Gasteiger partial charge in [-0.25, -0.2) is 0 Å². The fraction of sp³-hybridized carbons (Fsp3) is 1.00. The highest BCUT2D eigenvalue weighted by Crippen LogP contribution is 1.99. The summed E-state index contributed by atoms with van der Waals surface area (Å²) in [5.41, 5.74) is 0. The second kappa shape index (κ2) is 10.0. The molecule has 0 spiro atoms. The molecule has 16 heavy (non-hydrogen) atoms. The van der Waals surface area contributed by atoms with Crippen LogP contribution in [0.3, 0.4) is 0 Å². The molecule has 0 aliphatic heterocycles. The molecule has 3 atom stereocenters. The fourth-order valence-electron chi connectivity index (χ4n) is 1.09. The first kappa shape index (κ1) is 15.8. The van der Waals surface area contributed by atoms with Crippen LogP contribution < -0.4 is 0 Å². The van der Waals surface area contributed by atoms with Crippen LogP contribution in [0.15, 0.2) is 0 Å². The van der Waals surface area contributed by atoms with E-state index in [0.717, 1.165) is 13.0 Å². The smallest absolute Gasteiger partial charge is 0.0781 e. The molecule has 0 aromatic heterocycles. The van der Waals surface area contributed by atoms with E-state index in [-0.39, 0.29) is 12.2 Å². The second-order valence-electron chi connectivity index (χ2n) is 4.21. The predicted octanol–water partition coefficient (Wildman–Crippen LogP) is 1.60. The number of ether oxygens (including phenoxy) is 3. The molecule has 0 unspecified atom stereocenters. The SMILES string of the molecule is CCCOC[C@H](C)OC[C@H](C)OC[C@H](C)O. The van der Waals surface area contributed by atoms with Gasteiger partial charge in [0.1, 0.15) is 0 Å². The molecule has 0 aromatic carbocycles. The lowest BCUT2D eigenvalue weighted by Gasteiger charge is -2.18. The van der Waals surface area contributed by atoms with Gasteiger partial charge in [-0.05, 0) is 27.2 Å². The van der Waals surface area contributed by atoms with Gasteiger partial charge >= 0.3 is 0 Å². The van der Waals surface area contributed by atoms with Crippen molar-refractivity contribution in [2.75, 3.05) is 26.4 Å². The maximum atomic E-state index is 9.04. The Morgan fingerprint density at radius 2 is 1.50 bits per heavy atom. The molecular formula is C12H26O4. The lowest BCUT2D eigenvalue weighted by atomic mass is 10.4. The zero-order valence-electron chi connectivity index (χ0n) is 10.9. The molecule has 0 rings (SSSR count). The van der Waals surface area contributed by atoms with Gasteiger partial charge < -0.3 is 19.3 Å². The molecule has 0 bridgehead atoms. The van der Waals surface area contributed by atoms with Crippen LogP contribution in [0, 0.1) is 0 Å². The van der Waals surface area contributed by atoms with Crippen LogP contribution in [0.25, 0.3) is 0 Å². The molecule has 0 aliphatic carbocycles. The third-order valence-electron chi connectivity index (χ3n) is 1.94. The minimum atomic E-state index is -0.423. The first-order chi connectivity index (χ1) is 7.56. The molecule has 0 heterocycles. The molecule has 0 fully saturated rings. The van der Waals surface area contributed by atoms with E-state index in [2.05, 4.69) is 6.92 Å². The van der Waals surface area contributed by atoms with E-state index in [0.29, 0.717) is 19.8 Å². The first-order valence-electron chi connectivity index (χ1n) is 6.05. The van der Waals surface area contributed by atoms with Gasteiger partial charge in [0.2, 0.25) is 0 Å². The number of rotatable bonds is 10. The summed E-state index contributed by atoms with van der Waals surface area (Å²) in [5, 5.41) is 9.04. The highest BCUT2D eigenvalue weighted by Gasteiger charge is 2.08. The molecule has 0 saturated carbocycles. The van der Waals surface area contributed by atoms with E-state index >= 15 is 0 Å². The summed E-state index contributed by atoms with van der Waals surface area (Å²) in [6, 6.07) is 0. The average molecular weight is 234 g/mol. The summed E-state index contributed by atoms with van der Waals surface area (Å²) in [7, 11) is 0. The lowest BCUT2D eigenvalue weighted by Crippen LogP contribution is -2.25. The molecule has 0 aliphatic rings. The van der Waals surface area contributed by atoms with E-state index in [4.69, 9.17) is 19.3 Å². The largest absolute Gasteiger partial charge is 0.391 e. The average Bonchev–Trinajstić information content (AvgIpc) is 2.24. The second-order valence-corrected chi connectivity index (χ2v) is 4.21. The summed E-state index contributed by atoms with van der Waals surface area (Å²) < 4.78 is 16.3. The normalized spacial score (nSPS) is 17.1. The molecule has 1 N–H and O–H groups in total. The molecule has 0 amide bonds. The van der Waals surface area contributed by atoms with Crippen LogP contribution in [0.4, 0.5) is 0 Å². The van der Waals surface area contributed by atoms with Crippen molar-refractivity contribution in [3.63, 3.8) is 0 Å². The monoisotopic (exact) mass is 234 g/mol. The maximum absolute atomic E-state index is 9.04. The highest BCUT2D eigenvalue weighted by molar-refractivity contribution is 4.53. The minimum Gasteiger partial charge on any atom is -0.391 e. The topological polar surface area (TPSA) is 47.9 Å². The van der Waals surface area contributed by atoms with Gasteiger partial charge in [-0.3, -0.25) is 0 Å². The predicted molar refractivity (Wildman–Crippen MR) is 63.6 cm³/mol. The number of hydrogen-bond donors (Lipinski definition) is 1. The van der Waals surface area contributed by atoms with Crippen LogP contribution >= 0.6 is 0 Å². The van der Waals surface area contributed by atoms with E-state index in [1.54, 1.807) is 6.92 Å². The Hall–Kier alpha value is -0.160. The van der Waals surface area contributed by atoms with E-state index < -0.39 is 6.10 Å². The molecule has 98 valence electrons. The van der Waals surface area contributed by atoms with Crippen molar-refractivity contribution in [2.24, 2.45) is 0 Å². The third kappa shape index (κ3) is 10.4. The zero-order valence-corrected chi connectivity index (χ0v) is 10.9. The Labute approximate surface area is 98.9 Å². The zero-order chi connectivity index (χ0) is 12.4. The van der Waals surface area contributed by atoms with Crippen LogP contribution in [0.2, 0.25) is 0 Å². The molecule has 4 heteroatoms. The Bertz CT molecular complexity index is 150. The Kier molecular flexibility index (Phi) is 9.92. The maximum Gasteiger partial charge on any atom is 0.0781 e. The summed E-state index contributed by atoms with van der Waals surface area (Å²) in [6.07, 6.45) is 0.695. The fourth-order valence-corrected chi connectivity index (χ4v) is 1.09. The number of aliphatic hydroxyl groups excluding tert-OH is 1. The minimum absolute atomic E-state index is 0.00299. The lowest BCUT2D eigenvalue weighted by molar-refractivity contribution is -0.0699. The van der Waals surface area contributed by atoms with Crippen molar-refractivity contribution >= 4 is 0 Å². The van der Waals surface area contributed by atoms with Crippen molar-refractivity contribution in [2.45, 2.75) is 52.4 Å². The van der Waals surface area contributed by atoms with Gasteiger partial charge in [0, 0.05) is 6.61 Å². The van der Waals surface area contributed by atoms with E-state index in [1.807, 2.05) is 13.8 Å². The van der Waals surface area contributed by atoms with Crippen molar-refractivity contribution in [3.8, 4) is 0 Å². The van der Waals surface area contributed by atoms with Crippen molar-refractivity contribution in [1.82, 2.24) is 0 Å². The molecule has 4 nitrogen and oxygen atoms in total. The quantitative estimate of drug-likeness (QED) is 0.583. The summed E-state index contributed by atoms with van der Waals surface area (Å²) in [6.45, 7) is 9.98. The van der Waals surface area contributed by atoms with E-state index in [9.17, 15) is 0 Å². The summed E-state index contributed by atoms with van der Waals surface area (Å²) in [5.74, 6) is 0. The van der Waals surface area contributed by atoms with Crippen LogP contribution in [0.5, 0.6) is 0 Å². The van der Waals surface area contributed by atoms with Gasteiger partial charge in [-0.15, -0.1) is 0 Å². The number of aliphatic hydroxyl groups is 1. The van der Waals surface area contributed by atoms with Crippen molar-refractivity contribution < 1.29 is 19.3 Å². The Morgan fingerprint density at radius 1 is 0.938 bits per heavy atom. The van der Waals surface area contributed by atoms with E-state index in [1.165, 1.54) is 0 Å². The van der Waals surface area contributed by atoms with Gasteiger partial charge in [0.15, 0.2) is 0 Å². The molecule has 0 aromatic rings. The van der Waals surface area contributed by atoms with Gasteiger partial charge in [0.25, 0.3) is 0 Å². The molecule has 0 saturated heterocycles. The van der Waals surface area contributed by atoms with Crippen molar-refractivity contribution in [1.29, 1.82) is 0 Å². The highest BCUT2D eigenvalue weighted by atomic mass is 16.6. The van der Waals surface area contributed by atoms with Crippen LogP contribution in [0.1, 0.15) is 34.1 Å². The van der Waals surface area contributed by atoms with Crippen molar-refractivity contribution in [3.05, 3.63) is 0 Å². The molecular weight excluding hydrogens is 208 g/mol. The van der Waals surface area contributed by atoms with Crippen LogP contribution in [-0.4, -0.2) is 49.8 Å². The number of hydrogen-bond acceptors (Lipinski definition) is 4. The van der Waals surface area contributed by atoms with Gasteiger partial charge in [0.05, 0.1) is 38.1 Å². The van der Waals surface area contributed by atoms with Gasteiger partial charge in [-0.2, -0.15) is 0 Å². The summed E-state index contributed by atoms with van der Waals surface area (Å²) >= 11 is 0. The van der Waals surface area contributed by atoms with Crippen LogP contribution in [-0.2, 0) is 14.2 Å². The Morgan fingerprint density at radius 3 is 2.06 bits per heavy atom. The standard InChI is InChI=1S/C12H26O4/c1-5-6-14-8-11(3)16-9-12(4)15-7-10(2)13/h10-13H,5-9H2,1-4H3/t10-,11-,12-/m0/s1. The Balaban J connectivity index is 3.39. The first-order valence-corrected chi connectivity index (χ1v) is 6.05. The molecule has 0 radical (unpaired) electrons. The third-order valence-corrected chi connectivity index (χ3v) is 1.94. The van der Waals surface area contributed by atoms with Gasteiger partial charge in [-0.1, -0.05) is 6.92 Å².